The largest absolute Gasteiger partial charge is 0.490 e. The summed E-state index contributed by atoms with van der Waals surface area (Å²) in [5.74, 6) is -5.07. The van der Waals surface area contributed by atoms with Crippen LogP contribution < -0.4 is 5.32 Å². The lowest BCUT2D eigenvalue weighted by Gasteiger charge is -2.14. The minimum absolute atomic E-state index is 0.0144. The van der Waals surface area contributed by atoms with Gasteiger partial charge in [-0.2, -0.15) is 13.2 Å². The first-order valence-electron chi connectivity index (χ1n) is 9.72. The van der Waals surface area contributed by atoms with Gasteiger partial charge >= 0.3 is 6.18 Å². The summed E-state index contributed by atoms with van der Waals surface area (Å²) in [7, 11) is 0. The van der Waals surface area contributed by atoms with Crippen molar-refractivity contribution in [3.8, 4) is 0 Å². The number of halogens is 6. The van der Waals surface area contributed by atoms with Crippen molar-refractivity contribution in [3.05, 3.63) is 82.4 Å². The predicted octanol–water partition coefficient (Wildman–Crippen LogP) is 5.58. The summed E-state index contributed by atoms with van der Waals surface area (Å²) in [5.41, 5.74) is -1.76. The highest BCUT2D eigenvalue weighted by molar-refractivity contribution is 6.01. The van der Waals surface area contributed by atoms with E-state index in [2.05, 4.69) is 0 Å². The van der Waals surface area contributed by atoms with E-state index in [0.717, 1.165) is 6.07 Å². The highest BCUT2D eigenvalue weighted by Gasteiger charge is 2.35. The monoisotopic (exact) mass is 469 g/mol. The zero-order valence-electron chi connectivity index (χ0n) is 17.2. The number of ketones is 1. The lowest BCUT2D eigenvalue weighted by Crippen LogP contribution is -2.18. The number of benzene rings is 2. The standard InChI is InChI=1S/C23H17F6NO3/c1-2-33-21-8-13(5-6-20(21)31)12-3-4-14(16(24)7-12)9-22(32)30-19-10-15(23(27,28)29)17(25)11-18(19)26/h3-5,7-8,10-11H,2,6,9H2,1H3,(H,30,32). The number of alkyl halides is 3. The fourth-order valence-electron chi connectivity index (χ4n) is 3.16. The maximum absolute atomic E-state index is 14.6. The Balaban J connectivity index is 1.76. The predicted molar refractivity (Wildman–Crippen MR) is 107 cm³/mol. The summed E-state index contributed by atoms with van der Waals surface area (Å²) >= 11 is 0. The third-order valence-corrected chi connectivity index (χ3v) is 4.74. The summed E-state index contributed by atoms with van der Waals surface area (Å²) in [6.07, 6.45) is -2.54. The van der Waals surface area contributed by atoms with Crippen LogP contribution in [0.2, 0.25) is 0 Å². The van der Waals surface area contributed by atoms with Gasteiger partial charge in [0.15, 0.2) is 5.76 Å². The second kappa shape index (κ2) is 9.51. The Morgan fingerprint density at radius 3 is 2.42 bits per heavy atom. The molecular weight excluding hydrogens is 452 g/mol. The van der Waals surface area contributed by atoms with E-state index in [0.29, 0.717) is 11.1 Å². The molecule has 0 saturated carbocycles. The normalized spacial score (nSPS) is 14.0. The smallest absolute Gasteiger partial charge is 0.419 e. The van der Waals surface area contributed by atoms with Gasteiger partial charge in [0.05, 0.1) is 24.3 Å². The van der Waals surface area contributed by atoms with Gasteiger partial charge in [-0.15, -0.1) is 0 Å². The Bertz CT molecular complexity index is 1170. The molecule has 4 nitrogen and oxygen atoms in total. The molecule has 0 bridgehead atoms. The van der Waals surface area contributed by atoms with Crippen LogP contribution in [-0.4, -0.2) is 18.3 Å². The van der Waals surface area contributed by atoms with Crippen molar-refractivity contribution in [1.29, 1.82) is 0 Å². The fraction of sp³-hybridized carbons (Fsp3) is 0.217. The molecule has 0 aromatic heterocycles. The van der Waals surface area contributed by atoms with Crippen molar-refractivity contribution in [2.75, 3.05) is 11.9 Å². The Morgan fingerprint density at radius 2 is 1.79 bits per heavy atom. The zero-order valence-corrected chi connectivity index (χ0v) is 17.2. The highest BCUT2D eigenvalue weighted by atomic mass is 19.4. The SMILES string of the molecule is CCOC1=CC(c2ccc(CC(=O)Nc3cc(C(F)(F)F)c(F)cc3F)c(F)c2)=CCC1=O. The first kappa shape index (κ1) is 24.1. The highest BCUT2D eigenvalue weighted by Crippen LogP contribution is 2.34. The molecule has 0 atom stereocenters. The Kier molecular flexibility index (Phi) is 6.95. The molecule has 1 aliphatic rings. The van der Waals surface area contributed by atoms with Crippen LogP contribution in [0.3, 0.4) is 0 Å². The third kappa shape index (κ3) is 5.63. The van der Waals surface area contributed by atoms with Gasteiger partial charge in [-0.05, 0) is 41.8 Å². The number of hydrogen-bond acceptors (Lipinski definition) is 3. The number of carbonyl (C=O) groups is 2. The van der Waals surface area contributed by atoms with E-state index in [1.807, 2.05) is 5.32 Å². The van der Waals surface area contributed by atoms with E-state index in [-0.39, 0.29) is 42.3 Å². The van der Waals surface area contributed by atoms with Gasteiger partial charge < -0.3 is 10.1 Å². The quantitative estimate of drug-likeness (QED) is 0.562. The molecule has 174 valence electrons. The number of hydrogen-bond donors (Lipinski definition) is 1. The molecule has 0 radical (unpaired) electrons. The molecule has 0 spiro atoms. The molecule has 3 rings (SSSR count). The molecule has 1 N–H and O–H groups in total. The van der Waals surface area contributed by atoms with Crippen molar-refractivity contribution < 1.29 is 40.7 Å². The number of anilines is 1. The van der Waals surface area contributed by atoms with Gasteiger partial charge in [-0.1, -0.05) is 18.2 Å². The number of allylic oxidation sites excluding steroid dienone is 4. The van der Waals surface area contributed by atoms with E-state index < -0.39 is 47.2 Å². The average Bonchev–Trinajstić information content (AvgIpc) is 2.72. The molecule has 1 aliphatic carbocycles. The van der Waals surface area contributed by atoms with Crippen LogP contribution in [-0.2, 0) is 26.9 Å². The first-order valence-corrected chi connectivity index (χ1v) is 9.72. The van der Waals surface area contributed by atoms with Crippen LogP contribution in [0.25, 0.3) is 5.57 Å². The minimum Gasteiger partial charge on any atom is -0.490 e. The van der Waals surface area contributed by atoms with Crippen LogP contribution in [0.1, 0.15) is 30.0 Å². The topological polar surface area (TPSA) is 55.4 Å². The molecule has 33 heavy (non-hydrogen) atoms. The summed E-state index contributed by atoms with van der Waals surface area (Å²) in [6.45, 7) is 2.00. The molecule has 2 aromatic carbocycles. The zero-order chi connectivity index (χ0) is 24.3. The van der Waals surface area contributed by atoms with Crippen LogP contribution >= 0.6 is 0 Å². The molecule has 10 heteroatoms. The van der Waals surface area contributed by atoms with E-state index in [1.54, 1.807) is 13.0 Å². The molecule has 2 aromatic rings. The maximum Gasteiger partial charge on any atom is 0.419 e. The van der Waals surface area contributed by atoms with Gasteiger partial charge in [0.2, 0.25) is 11.7 Å². The maximum atomic E-state index is 14.6. The second-order valence-electron chi connectivity index (χ2n) is 7.07. The van der Waals surface area contributed by atoms with Crippen molar-refractivity contribution in [3.63, 3.8) is 0 Å². The van der Waals surface area contributed by atoms with Gasteiger partial charge in [0.1, 0.15) is 17.5 Å². The van der Waals surface area contributed by atoms with Crippen molar-refractivity contribution in [1.82, 2.24) is 0 Å². The number of Topliss-reactive ketones (excluding diaryl/α,β-unsaturated/α-hetero) is 1. The first-order chi connectivity index (χ1) is 15.5. The van der Waals surface area contributed by atoms with Gasteiger partial charge in [-0.3, -0.25) is 9.59 Å². The second-order valence-corrected chi connectivity index (χ2v) is 7.07. The van der Waals surface area contributed by atoms with Crippen LogP contribution in [0, 0.1) is 17.5 Å². The molecule has 0 unspecified atom stereocenters. The van der Waals surface area contributed by atoms with E-state index in [1.165, 1.54) is 18.2 Å². The molecule has 0 saturated heterocycles. The number of nitrogens with one attached hydrogen (secondary N) is 1. The van der Waals surface area contributed by atoms with Gasteiger partial charge in [0, 0.05) is 12.5 Å². The van der Waals surface area contributed by atoms with Crippen molar-refractivity contribution in [2.24, 2.45) is 0 Å². The fourth-order valence-corrected chi connectivity index (χ4v) is 3.16. The average molecular weight is 469 g/mol. The summed E-state index contributed by atoms with van der Waals surface area (Å²) in [5, 5.41) is 1.91. The summed E-state index contributed by atoms with van der Waals surface area (Å²) in [4.78, 5) is 24.0. The molecule has 0 aliphatic heterocycles. The van der Waals surface area contributed by atoms with Gasteiger partial charge in [0.25, 0.3) is 0 Å². The third-order valence-electron chi connectivity index (χ3n) is 4.74. The summed E-state index contributed by atoms with van der Waals surface area (Å²) in [6, 6.07) is 4.07. The van der Waals surface area contributed by atoms with Crippen LogP contribution in [0.4, 0.5) is 32.0 Å². The molecule has 1 amide bonds. The van der Waals surface area contributed by atoms with Gasteiger partial charge in [-0.25, -0.2) is 13.2 Å². The molecule has 0 fully saturated rings. The Labute approximate surface area is 184 Å². The Morgan fingerprint density at radius 1 is 1.06 bits per heavy atom. The van der Waals surface area contributed by atoms with Crippen molar-refractivity contribution >= 4 is 23.0 Å². The van der Waals surface area contributed by atoms with E-state index >= 15 is 0 Å². The Hall–Kier alpha value is -3.56. The van der Waals surface area contributed by atoms with Crippen molar-refractivity contribution in [2.45, 2.75) is 25.9 Å². The minimum atomic E-state index is -5.09. The molecular formula is C23H17F6NO3. The summed E-state index contributed by atoms with van der Waals surface area (Å²) < 4.78 is 85.5. The van der Waals surface area contributed by atoms with E-state index in [4.69, 9.17) is 4.74 Å². The number of rotatable bonds is 6. The van der Waals surface area contributed by atoms with Crippen LogP contribution in [0.5, 0.6) is 0 Å². The molecule has 0 heterocycles. The lowest BCUT2D eigenvalue weighted by atomic mass is 9.96. The van der Waals surface area contributed by atoms with E-state index in [9.17, 15) is 35.9 Å². The van der Waals surface area contributed by atoms with Crippen LogP contribution in [0.15, 0.2) is 48.2 Å². The number of amides is 1. The number of carbonyl (C=O) groups excluding carboxylic acids is 2. The number of ether oxygens (including phenoxy) is 1. The lowest BCUT2D eigenvalue weighted by molar-refractivity contribution is -0.140.